The Hall–Kier alpha value is -2.55. The molecule has 2 heterocycles. The van der Waals surface area contributed by atoms with Crippen molar-refractivity contribution in [3.8, 4) is 0 Å². The molecule has 2 aromatic carbocycles. The summed E-state index contributed by atoms with van der Waals surface area (Å²) in [4.78, 5) is 16.8. The Morgan fingerprint density at radius 3 is 2.50 bits per heavy atom. The average Bonchev–Trinajstić information content (AvgIpc) is 3.31. The molecule has 5 nitrogen and oxygen atoms in total. The molecule has 8 heteroatoms. The van der Waals surface area contributed by atoms with Gasteiger partial charge in [-0.2, -0.15) is 4.31 Å². The number of nitrogens with zero attached hydrogens (tertiary/aromatic N) is 2. The minimum absolute atomic E-state index is 0.191. The molecule has 0 aliphatic carbocycles. The fourth-order valence-electron chi connectivity index (χ4n) is 4.31. The van der Waals surface area contributed by atoms with Crippen LogP contribution in [0.25, 0.3) is 0 Å². The quantitative estimate of drug-likeness (QED) is 0.429. The Balaban J connectivity index is 1.64. The van der Waals surface area contributed by atoms with Crippen molar-refractivity contribution in [1.82, 2.24) is 9.21 Å². The molecule has 4 rings (SSSR count). The maximum absolute atomic E-state index is 13.6. The van der Waals surface area contributed by atoms with E-state index in [9.17, 15) is 17.6 Å². The highest BCUT2D eigenvalue weighted by atomic mass is 32.2. The van der Waals surface area contributed by atoms with Crippen molar-refractivity contribution in [2.75, 3.05) is 19.6 Å². The summed E-state index contributed by atoms with van der Waals surface area (Å²) in [5.74, 6) is -0.587. The fourth-order valence-corrected chi connectivity index (χ4v) is 6.64. The summed E-state index contributed by atoms with van der Waals surface area (Å²) in [6.45, 7) is 4.43. The highest BCUT2D eigenvalue weighted by Gasteiger charge is 2.35. The molecule has 1 unspecified atom stereocenters. The lowest BCUT2D eigenvalue weighted by Crippen LogP contribution is -2.47. The van der Waals surface area contributed by atoms with Crippen LogP contribution < -0.4 is 0 Å². The Kier molecular flexibility index (Phi) is 7.50. The Labute approximate surface area is 204 Å². The van der Waals surface area contributed by atoms with Crippen LogP contribution in [0, 0.1) is 12.7 Å². The molecule has 0 saturated heterocycles. The zero-order valence-corrected chi connectivity index (χ0v) is 21.0. The van der Waals surface area contributed by atoms with Gasteiger partial charge in [0, 0.05) is 18.0 Å². The molecule has 0 spiro atoms. The third-order valence-corrected chi connectivity index (χ3v) is 9.06. The van der Waals surface area contributed by atoms with Crippen molar-refractivity contribution in [3.63, 3.8) is 0 Å². The van der Waals surface area contributed by atoms with Crippen LogP contribution in [-0.4, -0.2) is 43.2 Å². The number of unbranched alkanes of at least 4 members (excludes halogenated alkanes) is 1. The second kappa shape index (κ2) is 10.4. The molecule has 0 N–H and O–H groups in total. The lowest BCUT2D eigenvalue weighted by molar-refractivity contribution is -0.133. The van der Waals surface area contributed by atoms with Crippen LogP contribution in [0.5, 0.6) is 0 Å². The number of fused-ring (bicyclic) bond motifs is 1. The lowest BCUT2D eigenvalue weighted by atomic mass is 9.93. The summed E-state index contributed by atoms with van der Waals surface area (Å²) in [6, 6.07) is 14.5. The normalized spacial score (nSPS) is 16.0. The number of amides is 1. The highest BCUT2D eigenvalue weighted by Crippen LogP contribution is 2.38. The number of carbonyl (C=O) groups excluding carboxylic acids is 1. The maximum atomic E-state index is 13.6. The predicted octanol–water partition coefficient (Wildman–Crippen LogP) is 5.16. The minimum atomic E-state index is -3.82. The SMILES string of the molecule is CCCCN(CC(=O)N1CCc2sccc2C1c1ccc(F)cc1)S(=O)(=O)c1ccc(C)cc1. The van der Waals surface area contributed by atoms with Crippen molar-refractivity contribution >= 4 is 27.3 Å². The highest BCUT2D eigenvalue weighted by molar-refractivity contribution is 7.89. The van der Waals surface area contributed by atoms with Gasteiger partial charge in [0.25, 0.3) is 0 Å². The summed E-state index contributed by atoms with van der Waals surface area (Å²) in [5, 5.41) is 2.00. The summed E-state index contributed by atoms with van der Waals surface area (Å²) < 4.78 is 41.8. The van der Waals surface area contributed by atoms with Gasteiger partial charge in [-0.15, -0.1) is 11.3 Å². The van der Waals surface area contributed by atoms with Crippen LogP contribution in [0.15, 0.2) is 64.9 Å². The number of thiophene rings is 1. The van der Waals surface area contributed by atoms with Gasteiger partial charge in [-0.3, -0.25) is 4.79 Å². The maximum Gasteiger partial charge on any atom is 0.243 e. The molecule has 1 aromatic heterocycles. The van der Waals surface area contributed by atoms with Gasteiger partial charge < -0.3 is 4.90 Å². The monoisotopic (exact) mass is 500 g/mol. The first kappa shape index (κ1) is 24.6. The number of rotatable bonds is 8. The standard InChI is InChI=1S/C26H29FN2O3S2/c1-3-4-15-28(34(31,32)22-11-5-19(2)6-12-22)18-25(30)29-16-13-24-23(14-17-33-24)26(29)20-7-9-21(27)10-8-20/h5-12,14,17,26H,3-4,13,15-16,18H2,1-2H3. The van der Waals surface area contributed by atoms with Crippen LogP contribution in [0.4, 0.5) is 4.39 Å². The second-order valence-electron chi connectivity index (χ2n) is 8.60. The minimum Gasteiger partial charge on any atom is -0.330 e. The first-order chi connectivity index (χ1) is 16.3. The van der Waals surface area contributed by atoms with Crippen LogP contribution >= 0.6 is 11.3 Å². The van der Waals surface area contributed by atoms with E-state index in [1.54, 1.807) is 52.6 Å². The molecule has 1 atom stereocenters. The van der Waals surface area contributed by atoms with Crippen LogP contribution in [0.3, 0.4) is 0 Å². The molecule has 180 valence electrons. The van der Waals surface area contributed by atoms with E-state index in [2.05, 4.69) is 0 Å². The van der Waals surface area contributed by atoms with Crippen molar-refractivity contribution in [3.05, 3.63) is 87.4 Å². The van der Waals surface area contributed by atoms with Crippen LogP contribution in [0.2, 0.25) is 0 Å². The zero-order chi connectivity index (χ0) is 24.3. The number of hydrogen-bond donors (Lipinski definition) is 0. The van der Waals surface area contributed by atoms with E-state index in [0.717, 1.165) is 29.5 Å². The van der Waals surface area contributed by atoms with Crippen molar-refractivity contribution in [2.24, 2.45) is 0 Å². The Bertz CT molecular complexity index is 1240. The Morgan fingerprint density at radius 1 is 1.12 bits per heavy atom. The van der Waals surface area contributed by atoms with Gasteiger partial charge in [0.05, 0.1) is 17.5 Å². The zero-order valence-electron chi connectivity index (χ0n) is 19.4. The van der Waals surface area contributed by atoms with Gasteiger partial charge in [0.2, 0.25) is 15.9 Å². The molecule has 1 aliphatic rings. The molecule has 1 aliphatic heterocycles. The average molecular weight is 501 g/mol. The number of hydrogen-bond acceptors (Lipinski definition) is 4. The summed E-state index contributed by atoms with van der Waals surface area (Å²) in [5.41, 5.74) is 2.81. The number of benzene rings is 2. The third-order valence-electron chi connectivity index (χ3n) is 6.20. The molecule has 0 saturated carbocycles. The van der Waals surface area contributed by atoms with Gasteiger partial charge in [-0.1, -0.05) is 43.2 Å². The molecule has 34 heavy (non-hydrogen) atoms. The van der Waals surface area contributed by atoms with Gasteiger partial charge in [-0.05, 0) is 66.6 Å². The summed E-state index contributed by atoms with van der Waals surface area (Å²) in [7, 11) is -3.82. The summed E-state index contributed by atoms with van der Waals surface area (Å²) >= 11 is 1.65. The molecular weight excluding hydrogens is 471 g/mol. The van der Waals surface area contributed by atoms with Gasteiger partial charge in [0.1, 0.15) is 5.82 Å². The predicted molar refractivity (Wildman–Crippen MR) is 133 cm³/mol. The first-order valence-electron chi connectivity index (χ1n) is 11.5. The smallest absolute Gasteiger partial charge is 0.243 e. The number of halogens is 1. The molecule has 0 radical (unpaired) electrons. The van der Waals surface area contributed by atoms with Gasteiger partial charge in [0.15, 0.2) is 0 Å². The van der Waals surface area contributed by atoms with E-state index in [0.29, 0.717) is 13.0 Å². The molecule has 0 bridgehead atoms. The van der Waals surface area contributed by atoms with Crippen molar-refractivity contribution < 1.29 is 17.6 Å². The third kappa shape index (κ3) is 5.09. The van der Waals surface area contributed by atoms with E-state index in [-0.39, 0.29) is 35.8 Å². The van der Waals surface area contributed by atoms with Crippen LogP contribution in [-0.2, 0) is 21.2 Å². The van der Waals surface area contributed by atoms with Crippen LogP contribution in [0.1, 0.15) is 47.4 Å². The lowest BCUT2D eigenvalue weighted by Gasteiger charge is -2.37. The topological polar surface area (TPSA) is 57.7 Å². The van der Waals surface area contributed by atoms with Crippen molar-refractivity contribution in [1.29, 1.82) is 0 Å². The van der Waals surface area contributed by atoms with Gasteiger partial charge >= 0.3 is 0 Å². The van der Waals surface area contributed by atoms with Gasteiger partial charge in [-0.25, -0.2) is 12.8 Å². The van der Waals surface area contributed by atoms with E-state index < -0.39 is 10.0 Å². The van der Waals surface area contributed by atoms with E-state index >= 15 is 0 Å². The second-order valence-corrected chi connectivity index (χ2v) is 11.5. The fraction of sp³-hybridized carbons (Fsp3) is 0.346. The largest absolute Gasteiger partial charge is 0.330 e. The van der Waals surface area contributed by atoms with Crippen molar-refractivity contribution in [2.45, 2.75) is 44.0 Å². The number of aryl methyl sites for hydroxylation is 1. The summed E-state index contributed by atoms with van der Waals surface area (Å²) in [6.07, 6.45) is 2.19. The van der Waals surface area contributed by atoms with E-state index in [1.807, 2.05) is 25.3 Å². The number of carbonyl (C=O) groups is 1. The van der Waals surface area contributed by atoms with E-state index in [1.165, 1.54) is 21.3 Å². The Morgan fingerprint density at radius 2 is 1.82 bits per heavy atom. The molecule has 0 fully saturated rings. The number of sulfonamides is 1. The molecule has 1 amide bonds. The molecular formula is C26H29FN2O3S2. The molecule has 3 aromatic rings. The van der Waals surface area contributed by atoms with E-state index in [4.69, 9.17) is 0 Å². The first-order valence-corrected chi connectivity index (χ1v) is 13.8.